The van der Waals surface area contributed by atoms with Crippen LogP contribution in [-0.4, -0.2) is 36.7 Å². The van der Waals surface area contributed by atoms with E-state index in [2.05, 4.69) is 10.2 Å². The van der Waals surface area contributed by atoms with Crippen molar-refractivity contribution in [2.45, 2.75) is 26.6 Å². The van der Waals surface area contributed by atoms with Gasteiger partial charge in [-0.15, -0.1) is 0 Å². The first-order chi connectivity index (χ1) is 11.2. The summed E-state index contributed by atoms with van der Waals surface area (Å²) in [5.74, 6) is 0.000946. The Labute approximate surface area is 133 Å². The van der Waals surface area contributed by atoms with Gasteiger partial charge in [-0.1, -0.05) is 0 Å². The average Bonchev–Trinajstić information content (AvgIpc) is 3.17. The molecular weight excluding hydrogens is 292 g/mol. The third kappa shape index (κ3) is 2.20. The van der Waals surface area contributed by atoms with Crippen LogP contribution in [0.1, 0.15) is 27.2 Å². The third-order valence-electron chi connectivity index (χ3n) is 4.42. The van der Waals surface area contributed by atoms with Crippen LogP contribution in [0.5, 0.6) is 0 Å². The molecule has 0 unspecified atom stereocenters. The Morgan fingerprint density at radius 3 is 3.00 bits per heavy atom. The van der Waals surface area contributed by atoms with E-state index in [0.717, 1.165) is 28.9 Å². The largest absolute Gasteiger partial charge is 0.331 e. The number of hydrogen-bond donors (Lipinski definition) is 1. The number of carbonyl (C=O) groups is 1. The molecule has 2 N–H and O–H groups in total. The van der Waals surface area contributed by atoms with Crippen molar-refractivity contribution in [3.05, 3.63) is 53.1 Å². The molecule has 118 valence electrons. The molecule has 7 nitrogen and oxygen atoms in total. The number of fused-ring (bicyclic) bond motifs is 2. The molecular formula is C16H18N6O. The Bertz CT molecular complexity index is 893. The van der Waals surface area contributed by atoms with Crippen molar-refractivity contribution >= 4 is 11.4 Å². The zero-order chi connectivity index (χ0) is 16.0. The van der Waals surface area contributed by atoms with Crippen molar-refractivity contribution in [1.29, 1.82) is 0 Å². The number of amides is 1. The Kier molecular flexibility index (Phi) is 3.16. The van der Waals surface area contributed by atoms with Crippen LogP contribution < -0.4 is 5.73 Å². The van der Waals surface area contributed by atoms with Crippen molar-refractivity contribution in [3.8, 4) is 0 Å². The molecule has 0 saturated heterocycles. The van der Waals surface area contributed by atoms with E-state index in [-0.39, 0.29) is 5.91 Å². The Balaban J connectivity index is 1.69. The lowest BCUT2D eigenvalue weighted by Gasteiger charge is -2.28. The lowest BCUT2D eigenvalue weighted by Crippen LogP contribution is -2.38. The molecule has 0 atom stereocenters. The maximum absolute atomic E-state index is 12.9. The van der Waals surface area contributed by atoms with E-state index in [1.54, 1.807) is 10.7 Å². The normalized spacial score (nSPS) is 14.3. The summed E-state index contributed by atoms with van der Waals surface area (Å²) in [6.45, 7) is 4.43. The van der Waals surface area contributed by atoms with Crippen molar-refractivity contribution in [2.75, 3.05) is 6.54 Å². The van der Waals surface area contributed by atoms with Gasteiger partial charge < -0.3 is 10.6 Å². The fourth-order valence-corrected chi connectivity index (χ4v) is 3.04. The van der Waals surface area contributed by atoms with Gasteiger partial charge in [-0.25, -0.2) is 4.52 Å². The number of carbonyl (C=O) groups excluding carboxylic acids is 1. The first-order valence-electron chi connectivity index (χ1n) is 7.64. The highest BCUT2D eigenvalue weighted by atomic mass is 16.2. The van der Waals surface area contributed by atoms with Crippen LogP contribution in [-0.2, 0) is 19.6 Å². The summed E-state index contributed by atoms with van der Waals surface area (Å²) >= 11 is 0. The van der Waals surface area contributed by atoms with Gasteiger partial charge in [0.2, 0.25) is 0 Å². The number of aromatic nitrogens is 4. The predicted octanol–water partition coefficient (Wildman–Crippen LogP) is 0.954. The number of rotatable bonds is 2. The zero-order valence-electron chi connectivity index (χ0n) is 12.9. The number of hydrogen-bond acceptors (Lipinski definition) is 4. The average molecular weight is 310 g/mol. The number of pyridine rings is 1. The second-order valence-electron chi connectivity index (χ2n) is 5.85. The molecule has 0 aromatic carbocycles. The number of nitrogens with zero attached hydrogens (tertiary/aromatic N) is 5. The molecule has 0 saturated carbocycles. The van der Waals surface area contributed by atoms with Gasteiger partial charge >= 0.3 is 0 Å². The van der Waals surface area contributed by atoms with Gasteiger partial charge in [0.25, 0.3) is 5.91 Å². The Morgan fingerprint density at radius 1 is 1.30 bits per heavy atom. The summed E-state index contributed by atoms with van der Waals surface area (Å²) in [6, 6.07) is 3.84. The molecule has 3 aromatic rings. The standard InChI is InChI=1S/C16H18N6O/c1-11-8-18-22-5-4-20(10-15(11)22)16(23)13-9-19-21-3-2-12(7-17)6-14(13)21/h2-3,6,8-9H,4-5,7,10,17H2,1H3. The molecule has 4 rings (SSSR count). The minimum atomic E-state index is 0.000946. The SMILES string of the molecule is Cc1cnn2c1CN(C(=O)c1cnn3ccc(CN)cc13)CC2. The molecule has 23 heavy (non-hydrogen) atoms. The van der Waals surface area contributed by atoms with Crippen molar-refractivity contribution in [3.63, 3.8) is 0 Å². The molecule has 0 fully saturated rings. The van der Waals surface area contributed by atoms with E-state index in [9.17, 15) is 4.79 Å². The van der Waals surface area contributed by atoms with Crippen molar-refractivity contribution < 1.29 is 4.79 Å². The summed E-state index contributed by atoms with van der Waals surface area (Å²) in [5.41, 5.74) is 10.3. The molecule has 0 bridgehead atoms. The number of nitrogens with two attached hydrogens (primary N) is 1. The second kappa shape index (κ2) is 5.20. The fraction of sp³-hybridized carbons (Fsp3) is 0.312. The highest BCUT2D eigenvalue weighted by molar-refractivity contribution is 6.00. The van der Waals surface area contributed by atoms with E-state index >= 15 is 0 Å². The van der Waals surface area contributed by atoms with Gasteiger partial charge in [0, 0.05) is 19.3 Å². The van der Waals surface area contributed by atoms with E-state index in [4.69, 9.17) is 5.73 Å². The van der Waals surface area contributed by atoms with Gasteiger partial charge in [-0.05, 0) is 30.2 Å². The first kappa shape index (κ1) is 14.0. The number of aryl methyl sites for hydroxylation is 1. The van der Waals surface area contributed by atoms with E-state index < -0.39 is 0 Å². The van der Waals surface area contributed by atoms with Crippen LogP contribution in [0.4, 0.5) is 0 Å². The summed E-state index contributed by atoms with van der Waals surface area (Å²) < 4.78 is 3.69. The molecule has 3 aromatic heterocycles. The lowest BCUT2D eigenvalue weighted by molar-refractivity contribution is 0.0707. The van der Waals surface area contributed by atoms with Crippen molar-refractivity contribution in [2.24, 2.45) is 5.73 Å². The summed E-state index contributed by atoms with van der Waals surface area (Å²) in [5, 5.41) is 8.61. The molecule has 0 spiro atoms. The van der Waals surface area contributed by atoms with Crippen LogP contribution in [0.15, 0.2) is 30.7 Å². The third-order valence-corrected chi connectivity index (χ3v) is 4.42. The van der Waals surface area contributed by atoms with Crippen LogP contribution in [0.2, 0.25) is 0 Å². The lowest BCUT2D eigenvalue weighted by atomic mass is 10.1. The molecule has 1 aliphatic heterocycles. The Morgan fingerprint density at radius 2 is 2.17 bits per heavy atom. The summed E-state index contributed by atoms with van der Waals surface area (Å²) in [6.07, 6.45) is 5.33. The van der Waals surface area contributed by atoms with Crippen LogP contribution in [0.3, 0.4) is 0 Å². The molecule has 0 aliphatic carbocycles. The van der Waals surface area contributed by atoms with Gasteiger partial charge in [0.15, 0.2) is 0 Å². The summed E-state index contributed by atoms with van der Waals surface area (Å²) in [4.78, 5) is 14.8. The zero-order valence-corrected chi connectivity index (χ0v) is 12.9. The smallest absolute Gasteiger partial charge is 0.258 e. The highest BCUT2D eigenvalue weighted by Gasteiger charge is 2.25. The van der Waals surface area contributed by atoms with Gasteiger partial charge in [0.05, 0.1) is 42.3 Å². The second-order valence-corrected chi connectivity index (χ2v) is 5.85. The maximum Gasteiger partial charge on any atom is 0.258 e. The predicted molar refractivity (Wildman–Crippen MR) is 84.8 cm³/mol. The monoisotopic (exact) mass is 310 g/mol. The van der Waals surface area contributed by atoms with Crippen LogP contribution in [0, 0.1) is 6.92 Å². The van der Waals surface area contributed by atoms with Crippen LogP contribution >= 0.6 is 0 Å². The quantitative estimate of drug-likeness (QED) is 0.764. The first-order valence-corrected chi connectivity index (χ1v) is 7.64. The van der Waals surface area contributed by atoms with Crippen LogP contribution in [0.25, 0.3) is 5.52 Å². The van der Waals surface area contributed by atoms with Gasteiger partial charge in [-0.3, -0.25) is 9.48 Å². The molecule has 1 amide bonds. The summed E-state index contributed by atoms with van der Waals surface area (Å²) in [7, 11) is 0. The van der Waals surface area contributed by atoms with Crippen molar-refractivity contribution in [1.82, 2.24) is 24.3 Å². The molecule has 1 aliphatic rings. The Hall–Kier alpha value is -2.67. The molecule has 4 heterocycles. The molecule has 0 radical (unpaired) electrons. The maximum atomic E-state index is 12.9. The topological polar surface area (TPSA) is 81.5 Å². The van der Waals surface area contributed by atoms with E-state index in [0.29, 0.717) is 25.2 Å². The van der Waals surface area contributed by atoms with Gasteiger partial charge in [-0.2, -0.15) is 10.2 Å². The minimum absolute atomic E-state index is 0.000946. The molecule has 7 heteroatoms. The van der Waals surface area contributed by atoms with E-state index in [1.165, 1.54) is 0 Å². The fourth-order valence-electron chi connectivity index (χ4n) is 3.04. The van der Waals surface area contributed by atoms with Gasteiger partial charge in [0.1, 0.15) is 0 Å². The minimum Gasteiger partial charge on any atom is -0.331 e. The van der Waals surface area contributed by atoms with E-state index in [1.807, 2.05) is 41.0 Å². The highest BCUT2D eigenvalue weighted by Crippen LogP contribution is 2.20.